The lowest BCUT2D eigenvalue weighted by atomic mass is 9.98. The zero-order chi connectivity index (χ0) is 22.0. The molecule has 2 heterocycles. The van der Waals surface area contributed by atoms with Gasteiger partial charge in [-0.1, -0.05) is 37.3 Å². The molecule has 0 aromatic heterocycles. The number of carbonyl (C=O) groups excluding carboxylic acids is 2. The van der Waals surface area contributed by atoms with Gasteiger partial charge in [-0.15, -0.1) is 0 Å². The van der Waals surface area contributed by atoms with E-state index in [0.29, 0.717) is 28.7 Å². The smallest absolute Gasteiger partial charge is 0.278 e. The summed E-state index contributed by atoms with van der Waals surface area (Å²) >= 11 is 0. The molecule has 4 rings (SSSR count). The highest BCUT2D eigenvalue weighted by molar-refractivity contribution is 6.35. The Labute approximate surface area is 183 Å². The molecule has 162 valence electrons. The molecule has 1 fully saturated rings. The second kappa shape index (κ2) is 8.84. The van der Waals surface area contributed by atoms with Crippen molar-refractivity contribution in [2.24, 2.45) is 5.92 Å². The van der Waals surface area contributed by atoms with Gasteiger partial charge < -0.3 is 14.4 Å². The Kier molecular flexibility index (Phi) is 5.98. The van der Waals surface area contributed by atoms with Crippen LogP contribution in [0.4, 0.5) is 0 Å². The van der Waals surface area contributed by atoms with Gasteiger partial charge in [-0.2, -0.15) is 0 Å². The van der Waals surface area contributed by atoms with Gasteiger partial charge in [-0.05, 0) is 42.5 Å². The molecule has 0 saturated carbocycles. The van der Waals surface area contributed by atoms with Gasteiger partial charge in [0.25, 0.3) is 11.8 Å². The highest BCUT2D eigenvalue weighted by Crippen LogP contribution is 2.36. The number of methoxy groups -OCH3 is 2. The molecular weight excluding hydrogens is 392 g/mol. The van der Waals surface area contributed by atoms with Crippen LogP contribution in [0.2, 0.25) is 0 Å². The Balaban J connectivity index is 1.74. The van der Waals surface area contributed by atoms with Crippen LogP contribution in [0.3, 0.4) is 0 Å². The molecule has 0 bridgehead atoms. The number of hydrogen-bond acceptors (Lipinski definition) is 5. The first kappa shape index (κ1) is 21.0. The molecule has 2 aromatic rings. The first-order valence-corrected chi connectivity index (χ1v) is 10.6. The second-order valence-corrected chi connectivity index (χ2v) is 8.15. The quantitative estimate of drug-likeness (QED) is 0.667. The zero-order valence-electron chi connectivity index (χ0n) is 18.3. The molecule has 0 N–H and O–H groups in total. The van der Waals surface area contributed by atoms with Gasteiger partial charge in [-0.25, -0.2) is 0 Å². The fraction of sp³-hybridized carbons (Fsp3) is 0.360. The number of imide groups is 1. The van der Waals surface area contributed by atoms with Crippen molar-refractivity contribution in [1.82, 2.24) is 9.80 Å². The van der Waals surface area contributed by atoms with Crippen molar-refractivity contribution in [3.8, 4) is 11.5 Å². The molecule has 0 radical (unpaired) electrons. The van der Waals surface area contributed by atoms with E-state index < -0.39 is 0 Å². The molecule has 1 atom stereocenters. The van der Waals surface area contributed by atoms with Gasteiger partial charge in [0, 0.05) is 18.7 Å². The molecule has 0 spiro atoms. The number of ether oxygens (including phenoxy) is 2. The molecule has 2 aliphatic heterocycles. The highest BCUT2D eigenvalue weighted by atomic mass is 16.5. The van der Waals surface area contributed by atoms with Crippen molar-refractivity contribution in [3.63, 3.8) is 0 Å². The maximum atomic E-state index is 13.6. The molecule has 0 aliphatic carbocycles. The monoisotopic (exact) mass is 420 g/mol. The number of carbonyl (C=O) groups is 2. The summed E-state index contributed by atoms with van der Waals surface area (Å²) in [6.45, 7) is 3.92. The summed E-state index contributed by atoms with van der Waals surface area (Å²) in [6.07, 6.45) is 2.14. The first-order valence-electron chi connectivity index (χ1n) is 10.6. The highest BCUT2D eigenvalue weighted by Gasteiger charge is 2.42. The summed E-state index contributed by atoms with van der Waals surface area (Å²) in [5.41, 5.74) is 2.51. The van der Waals surface area contributed by atoms with Gasteiger partial charge in [-0.3, -0.25) is 14.5 Å². The van der Waals surface area contributed by atoms with Gasteiger partial charge >= 0.3 is 0 Å². The van der Waals surface area contributed by atoms with Crippen molar-refractivity contribution in [2.45, 2.75) is 26.3 Å². The van der Waals surface area contributed by atoms with E-state index in [1.165, 1.54) is 4.90 Å². The summed E-state index contributed by atoms with van der Waals surface area (Å²) in [6, 6.07) is 14.8. The maximum absolute atomic E-state index is 13.6. The van der Waals surface area contributed by atoms with Gasteiger partial charge in [0.1, 0.15) is 17.2 Å². The van der Waals surface area contributed by atoms with Crippen molar-refractivity contribution >= 4 is 17.4 Å². The molecule has 2 amide bonds. The average Bonchev–Trinajstić information content (AvgIpc) is 3.04. The van der Waals surface area contributed by atoms with E-state index >= 15 is 0 Å². The summed E-state index contributed by atoms with van der Waals surface area (Å²) in [5.74, 6) is 1.34. The predicted octanol–water partition coefficient (Wildman–Crippen LogP) is 3.72. The Morgan fingerprint density at radius 1 is 0.968 bits per heavy atom. The fourth-order valence-corrected chi connectivity index (χ4v) is 4.41. The van der Waals surface area contributed by atoms with E-state index in [9.17, 15) is 9.59 Å². The third-order valence-corrected chi connectivity index (χ3v) is 6.02. The fourth-order valence-electron chi connectivity index (χ4n) is 4.41. The number of rotatable bonds is 6. The molecule has 1 unspecified atom stereocenters. The third-order valence-electron chi connectivity index (χ3n) is 6.02. The van der Waals surface area contributed by atoms with E-state index in [2.05, 4.69) is 11.8 Å². The Hall–Kier alpha value is -3.28. The lowest BCUT2D eigenvalue weighted by molar-refractivity contribution is -0.138. The number of hydrogen-bond donors (Lipinski definition) is 0. The lowest BCUT2D eigenvalue weighted by Crippen LogP contribution is -2.39. The first-order chi connectivity index (χ1) is 15.0. The molecule has 31 heavy (non-hydrogen) atoms. The van der Waals surface area contributed by atoms with Gasteiger partial charge in [0.15, 0.2) is 0 Å². The largest absolute Gasteiger partial charge is 0.497 e. The van der Waals surface area contributed by atoms with E-state index in [4.69, 9.17) is 9.47 Å². The van der Waals surface area contributed by atoms with Crippen LogP contribution < -0.4 is 9.47 Å². The number of likely N-dealkylation sites (tertiary alicyclic amines) is 1. The van der Waals surface area contributed by atoms with Crippen LogP contribution in [0.5, 0.6) is 11.5 Å². The molecule has 2 aromatic carbocycles. The van der Waals surface area contributed by atoms with E-state index in [0.717, 1.165) is 37.1 Å². The van der Waals surface area contributed by atoms with E-state index in [1.807, 2.05) is 48.5 Å². The number of para-hydroxylation sites is 1. The number of nitrogens with zero attached hydrogens (tertiary/aromatic N) is 2. The molecule has 2 aliphatic rings. The van der Waals surface area contributed by atoms with Crippen molar-refractivity contribution in [3.05, 3.63) is 65.4 Å². The Bertz CT molecular complexity index is 1010. The number of piperidine rings is 1. The summed E-state index contributed by atoms with van der Waals surface area (Å²) in [4.78, 5) is 30.6. The lowest BCUT2D eigenvalue weighted by Gasteiger charge is -2.33. The Morgan fingerprint density at radius 2 is 1.71 bits per heavy atom. The standard InChI is InChI=1S/C25H28N2O4/c1-17-7-6-14-26(15-17)23-22(18-10-12-20(30-2)13-11-18)24(28)27(25(23)29)16-19-8-4-5-9-21(19)31-3/h4-5,8-13,17H,6-7,14-16H2,1-3H3. The van der Waals surface area contributed by atoms with Crippen molar-refractivity contribution in [2.75, 3.05) is 27.3 Å². The summed E-state index contributed by atoms with van der Waals surface area (Å²) < 4.78 is 10.7. The van der Waals surface area contributed by atoms with Crippen LogP contribution >= 0.6 is 0 Å². The van der Waals surface area contributed by atoms with Crippen LogP contribution in [0.1, 0.15) is 30.9 Å². The minimum atomic E-state index is -0.269. The average molecular weight is 421 g/mol. The predicted molar refractivity (Wildman–Crippen MR) is 118 cm³/mol. The van der Waals surface area contributed by atoms with Crippen LogP contribution in [-0.4, -0.2) is 48.9 Å². The summed E-state index contributed by atoms with van der Waals surface area (Å²) in [5, 5.41) is 0. The molecular formula is C25H28N2O4. The second-order valence-electron chi connectivity index (χ2n) is 8.15. The van der Waals surface area contributed by atoms with Crippen molar-refractivity contribution < 1.29 is 19.1 Å². The van der Waals surface area contributed by atoms with Crippen LogP contribution in [0.15, 0.2) is 54.2 Å². The van der Waals surface area contributed by atoms with Crippen LogP contribution in [0.25, 0.3) is 5.57 Å². The number of benzene rings is 2. The zero-order valence-corrected chi connectivity index (χ0v) is 18.3. The topological polar surface area (TPSA) is 59.1 Å². The summed E-state index contributed by atoms with van der Waals surface area (Å²) in [7, 11) is 3.20. The van der Waals surface area contributed by atoms with Crippen molar-refractivity contribution in [1.29, 1.82) is 0 Å². The third kappa shape index (κ3) is 4.02. The molecule has 6 heteroatoms. The minimum absolute atomic E-state index is 0.175. The molecule has 6 nitrogen and oxygen atoms in total. The Morgan fingerprint density at radius 3 is 2.39 bits per heavy atom. The SMILES string of the molecule is COc1ccc(C2=C(N3CCCC(C)C3)C(=O)N(Cc3ccccc3OC)C2=O)cc1. The minimum Gasteiger partial charge on any atom is -0.497 e. The van der Waals surface area contributed by atoms with Crippen LogP contribution in [0, 0.1) is 5.92 Å². The molecule has 1 saturated heterocycles. The maximum Gasteiger partial charge on any atom is 0.278 e. The number of amides is 2. The van der Waals surface area contributed by atoms with E-state index in [-0.39, 0.29) is 18.4 Å². The van der Waals surface area contributed by atoms with E-state index in [1.54, 1.807) is 14.2 Å². The normalized spacial score (nSPS) is 19.3. The van der Waals surface area contributed by atoms with Crippen LogP contribution in [-0.2, 0) is 16.1 Å². The van der Waals surface area contributed by atoms with Gasteiger partial charge in [0.05, 0.1) is 26.3 Å². The van der Waals surface area contributed by atoms with Gasteiger partial charge in [0.2, 0.25) is 0 Å².